The number of piperidine rings is 1. The monoisotopic (exact) mass is 351 g/mol. The first-order valence-corrected chi connectivity index (χ1v) is 10.2. The van der Waals surface area contributed by atoms with E-state index in [1.165, 1.54) is 16.1 Å². The molecule has 1 aromatic carbocycles. The summed E-state index contributed by atoms with van der Waals surface area (Å²) < 4.78 is 24.9. The van der Waals surface area contributed by atoms with Crippen LogP contribution < -0.4 is 4.90 Å². The molecular weight excluding hydrogens is 326 g/mol. The Morgan fingerprint density at radius 3 is 2.79 bits per heavy atom. The third-order valence-electron chi connectivity index (χ3n) is 5.07. The lowest BCUT2D eigenvalue weighted by Gasteiger charge is -2.36. The van der Waals surface area contributed by atoms with Gasteiger partial charge < -0.3 is 4.90 Å². The predicted molar refractivity (Wildman–Crippen MR) is 94.6 cm³/mol. The quantitative estimate of drug-likeness (QED) is 0.810. The van der Waals surface area contributed by atoms with Crippen LogP contribution in [0.15, 0.2) is 24.3 Å². The number of likely N-dealkylation sites (tertiary alicyclic amines) is 1. The molecule has 1 amide bonds. The summed E-state index contributed by atoms with van der Waals surface area (Å²) in [6.07, 6.45) is 3.90. The molecule has 7 heteroatoms. The Bertz CT molecular complexity index is 720. The zero-order valence-corrected chi connectivity index (χ0v) is 15.1. The van der Waals surface area contributed by atoms with Crippen LogP contribution in [0.3, 0.4) is 0 Å². The van der Waals surface area contributed by atoms with Crippen LogP contribution in [-0.4, -0.2) is 69.1 Å². The lowest BCUT2D eigenvalue weighted by Crippen LogP contribution is -2.50. The van der Waals surface area contributed by atoms with Gasteiger partial charge in [-0.2, -0.15) is 0 Å². The number of carbonyl (C=O) groups is 1. The highest BCUT2D eigenvalue weighted by Gasteiger charge is 2.31. The van der Waals surface area contributed by atoms with Crippen molar-refractivity contribution in [2.24, 2.45) is 0 Å². The van der Waals surface area contributed by atoms with Crippen molar-refractivity contribution in [1.82, 2.24) is 9.21 Å². The average molecular weight is 351 g/mol. The van der Waals surface area contributed by atoms with Gasteiger partial charge in [0.05, 0.1) is 12.8 Å². The van der Waals surface area contributed by atoms with E-state index in [-0.39, 0.29) is 11.9 Å². The summed E-state index contributed by atoms with van der Waals surface area (Å²) in [5, 5.41) is 0. The second-order valence-corrected chi connectivity index (χ2v) is 8.78. The number of para-hydroxylation sites is 1. The maximum Gasteiger partial charge on any atom is 0.241 e. The second-order valence-electron chi connectivity index (χ2n) is 6.73. The number of hydrogen-bond acceptors (Lipinski definition) is 4. The molecule has 6 nitrogen and oxygen atoms in total. The van der Waals surface area contributed by atoms with Crippen molar-refractivity contribution >= 4 is 21.6 Å². The number of anilines is 1. The molecule has 0 N–H and O–H groups in total. The normalized spacial score (nSPS) is 22.0. The molecular formula is C17H25N3O3S. The van der Waals surface area contributed by atoms with Crippen molar-refractivity contribution < 1.29 is 13.2 Å². The van der Waals surface area contributed by atoms with Gasteiger partial charge >= 0.3 is 0 Å². The number of amides is 1. The molecule has 2 heterocycles. The number of hydrogen-bond donors (Lipinski definition) is 0. The van der Waals surface area contributed by atoms with Gasteiger partial charge in [-0.05, 0) is 37.4 Å². The van der Waals surface area contributed by atoms with E-state index in [4.69, 9.17) is 0 Å². The van der Waals surface area contributed by atoms with Crippen molar-refractivity contribution in [3.05, 3.63) is 29.8 Å². The maximum absolute atomic E-state index is 12.7. The van der Waals surface area contributed by atoms with Gasteiger partial charge in [0.15, 0.2) is 0 Å². The van der Waals surface area contributed by atoms with Crippen LogP contribution in [0.1, 0.15) is 18.4 Å². The Labute approximate surface area is 144 Å². The highest BCUT2D eigenvalue weighted by Crippen LogP contribution is 2.27. The van der Waals surface area contributed by atoms with Gasteiger partial charge in [0.25, 0.3) is 0 Å². The maximum atomic E-state index is 12.7. The number of likely N-dealkylation sites (N-methyl/N-ethyl adjacent to an activating group) is 1. The lowest BCUT2D eigenvalue weighted by atomic mass is 10.1. The number of rotatable bonds is 4. The summed E-state index contributed by atoms with van der Waals surface area (Å²) >= 11 is 0. The first-order chi connectivity index (χ1) is 11.4. The molecule has 2 aliphatic rings. The molecule has 24 heavy (non-hydrogen) atoms. The van der Waals surface area contributed by atoms with E-state index >= 15 is 0 Å². The average Bonchev–Trinajstić information content (AvgIpc) is 2.97. The fraction of sp³-hybridized carbons (Fsp3) is 0.588. The molecule has 0 bridgehead atoms. The van der Waals surface area contributed by atoms with E-state index < -0.39 is 10.0 Å². The van der Waals surface area contributed by atoms with Gasteiger partial charge in [0, 0.05) is 31.9 Å². The van der Waals surface area contributed by atoms with Gasteiger partial charge in [0.2, 0.25) is 15.9 Å². The standard InChI is InChI=1S/C17H25N3O3S/c1-18(24(2,22)23)15-7-5-10-19(12-15)13-17(21)20-11-9-14-6-3-4-8-16(14)20/h3-4,6,8,15H,5,7,9-13H2,1-2H3. The molecule has 1 aromatic rings. The highest BCUT2D eigenvalue weighted by molar-refractivity contribution is 7.88. The minimum atomic E-state index is -3.20. The summed E-state index contributed by atoms with van der Waals surface area (Å²) in [6, 6.07) is 7.98. The molecule has 0 radical (unpaired) electrons. The Morgan fingerprint density at radius 1 is 1.29 bits per heavy atom. The fourth-order valence-electron chi connectivity index (χ4n) is 3.62. The van der Waals surface area contributed by atoms with Crippen LogP contribution in [0.4, 0.5) is 5.69 Å². The predicted octanol–water partition coefficient (Wildman–Crippen LogP) is 0.931. The third-order valence-corrected chi connectivity index (χ3v) is 6.41. The van der Waals surface area contributed by atoms with Gasteiger partial charge in [-0.1, -0.05) is 18.2 Å². The number of sulfonamides is 1. The molecule has 1 unspecified atom stereocenters. The smallest absolute Gasteiger partial charge is 0.241 e. The summed E-state index contributed by atoms with van der Waals surface area (Å²) in [6.45, 7) is 2.54. The summed E-state index contributed by atoms with van der Waals surface area (Å²) in [7, 11) is -1.57. The number of fused-ring (bicyclic) bond motifs is 1. The minimum absolute atomic E-state index is 0.0487. The fourth-order valence-corrected chi connectivity index (χ4v) is 4.33. The van der Waals surface area contributed by atoms with Gasteiger partial charge in [-0.15, -0.1) is 0 Å². The van der Waals surface area contributed by atoms with Crippen molar-refractivity contribution in [2.75, 3.05) is 44.4 Å². The van der Waals surface area contributed by atoms with Crippen molar-refractivity contribution in [2.45, 2.75) is 25.3 Å². The van der Waals surface area contributed by atoms with Crippen molar-refractivity contribution in [3.63, 3.8) is 0 Å². The largest absolute Gasteiger partial charge is 0.311 e. The van der Waals surface area contributed by atoms with Crippen LogP contribution in [0.2, 0.25) is 0 Å². The summed E-state index contributed by atoms with van der Waals surface area (Å²) in [5.74, 6) is 0.0996. The van der Waals surface area contributed by atoms with E-state index in [1.54, 1.807) is 7.05 Å². The second kappa shape index (κ2) is 6.82. The Morgan fingerprint density at radius 2 is 2.04 bits per heavy atom. The molecule has 1 atom stereocenters. The first kappa shape index (κ1) is 17.4. The number of nitrogens with zero attached hydrogens (tertiary/aromatic N) is 3. The number of benzene rings is 1. The van der Waals surface area contributed by atoms with E-state index in [0.29, 0.717) is 13.1 Å². The van der Waals surface area contributed by atoms with Gasteiger partial charge in [-0.3, -0.25) is 9.69 Å². The topological polar surface area (TPSA) is 60.9 Å². The molecule has 2 aliphatic heterocycles. The van der Waals surface area contributed by atoms with Crippen LogP contribution in [0, 0.1) is 0 Å². The SMILES string of the molecule is CN(C1CCCN(CC(=O)N2CCc3ccccc32)C1)S(C)(=O)=O. The van der Waals surface area contributed by atoms with Crippen molar-refractivity contribution in [3.8, 4) is 0 Å². The first-order valence-electron chi connectivity index (χ1n) is 8.40. The molecule has 0 aliphatic carbocycles. The molecule has 0 aromatic heterocycles. The van der Waals surface area contributed by atoms with Crippen LogP contribution >= 0.6 is 0 Å². The van der Waals surface area contributed by atoms with E-state index in [9.17, 15) is 13.2 Å². The van der Waals surface area contributed by atoms with E-state index in [2.05, 4.69) is 11.0 Å². The lowest BCUT2D eigenvalue weighted by molar-refractivity contribution is -0.120. The molecule has 0 saturated carbocycles. The zero-order chi connectivity index (χ0) is 17.3. The van der Waals surface area contributed by atoms with Crippen LogP contribution in [0.5, 0.6) is 0 Å². The van der Waals surface area contributed by atoms with Crippen molar-refractivity contribution in [1.29, 1.82) is 0 Å². The summed E-state index contributed by atoms with van der Waals surface area (Å²) in [5.41, 5.74) is 2.24. The Hall–Kier alpha value is -1.44. The van der Waals surface area contributed by atoms with Crippen LogP contribution in [0.25, 0.3) is 0 Å². The highest BCUT2D eigenvalue weighted by atomic mass is 32.2. The summed E-state index contributed by atoms with van der Waals surface area (Å²) in [4.78, 5) is 16.6. The Kier molecular flexibility index (Phi) is 4.94. The zero-order valence-electron chi connectivity index (χ0n) is 14.3. The van der Waals surface area contributed by atoms with Gasteiger partial charge in [-0.25, -0.2) is 12.7 Å². The van der Waals surface area contributed by atoms with E-state index in [0.717, 1.165) is 38.0 Å². The molecule has 1 saturated heterocycles. The third kappa shape index (κ3) is 3.63. The number of carbonyl (C=O) groups excluding carboxylic acids is 1. The molecule has 1 fully saturated rings. The molecule has 132 valence electrons. The Balaban J connectivity index is 1.63. The minimum Gasteiger partial charge on any atom is -0.311 e. The van der Waals surface area contributed by atoms with Gasteiger partial charge in [0.1, 0.15) is 0 Å². The van der Waals surface area contributed by atoms with Crippen LogP contribution in [-0.2, 0) is 21.2 Å². The molecule has 0 spiro atoms. The molecule has 3 rings (SSSR count). The van der Waals surface area contributed by atoms with E-state index in [1.807, 2.05) is 23.1 Å².